The normalized spacial score (nSPS) is 16.1. The quantitative estimate of drug-likeness (QED) is 0.253. The van der Waals surface area contributed by atoms with E-state index in [2.05, 4.69) is 0 Å². The van der Waals surface area contributed by atoms with Crippen LogP contribution in [0.1, 0.15) is 46.3 Å². The number of rotatable bonds is 10. The SMILES string of the molecule is COC(C(=O)c1cc(-c2cccc(C)c2)c(CCCCO)o1)C(=O)N1C(=O)OCC1c1ccccc1. The molecule has 0 bridgehead atoms. The minimum atomic E-state index is -1.58. The third-order valence-corrected chi connectivity index (χ3v) is 6.19. The summed E-state index contributed by atoms with van der Waals surface area (Å²) < 4.78 is 16.4. The number of unbranched alkanes of at least 4 members (excludes halogenated alkanes) is 1. The predicted octanol–water partition coefficient (Wildman–Crippen LogP) is 4.49. The summed E-state index contributed by atoms with van der Waals surface area (Å²) in [5.74, 6) is -0.942. The molecule has 8 heteroatoms. The van der Waals surface area contributed by atoms with Gasteiger partial charge in [0.2, 0.25) is 11.9 Å². The first-order chi connectivity index (χ1) is 17.4. The molecule has 0 saturated carbocycles. The lowest BCUT2D eigenvalue weighted by atomic mass is 10.0. The lowest BCUT2D eigenvalue weighted by Crippen LogP contribution is -2.45. The predicted molar refractivity (Wildman–Crippen MR) is 131 cm³/mol. The number of carbonyl (C=O) groups is 3. The molecule has 3 aromatic rings. The van der Waals surface area contributed by atoms with Crippen LogP contribution in [0.3, 0.4) is 0 Å². The number of nitrogens with zero attached hydrogens (tertiary/aromatic N) is 1. The van der Waals surface area contributed by atoms with Gasteiger partial charge in [-0.25, -0.2) is 9.69 Å². The van der Waals surface area contributed by atoms with E-state index in [0.29, 0.717) is 30.6 Å². The van der Waals surface area contributed by atoms with Crippen molar-refractivity contribution in [1.29, 1.82) is 0 Å². The summed E-state index contributed by atoms with van der Waals surface area (Å²) >= 11 is 0. The van der Waals surface area contributed by atoms with E-state index in [4.69, 9.17) is 13.9 Å². The van der Waals surface area contributed by atoms with Crippen LogP contribution in [0.2, 0.25) is 0 Å². The Balaban J connectivity index is 1.64. The van der Waals surface area contributed by atoms with Gasteiger partial charge in [-0.05, 0) is 37.0 Å². The number of hydrogen-bond donors (Lipinski definition) is 1. The van der Waals surface area contributed by atoms with E-state index in [-0.39, 0.29) is 19.0 Å². The van der Waals surface area contributed by atoms with Crippen molar-refractivity contribution in [1.82, 2.24) is 4.90 Å². The van der Waals surface area contributed by atoms with Crippen LogP contribution in [0.15, 0.2) is 65.1 Å². The maximum absolute atomic E-state index is 13.5. The molecule has 0 spiro atoms. The average Bonchev–Trinajstić information content (AvgIpc) is 3.49. The fourth-order valence-electron chi connectivity index (χ4n) is 4.35. The van der Waals surface area contributed by atoms with Crippen molar-refractivity contribution < 1.29 is 33.4 Å². The van der Waals surface area contributed by atoms with Crippen molar-refractivity contribution in [3.8, 4) is 11.1 Å². The van der Waals surface area contributed by atoms with Crippen LogP contribution in [0, 0.1) is 6.92 Å². The van der Waals surface area contributed by atoms with Gasteiger partial charge in [0.05, 0.1) is 0 Å². The van der Waals surface area contributed by atoms with Crippen molar-refractivity contribution >= 4 is 17.8 Å². The molecule has 1 aliphatic heterocycles. The van der Waals surface area contributed by atoms with Crippen molar-refractivity contribution in [2.45, 2.75) is 38.3 Å². The number of Topliss-reactive ketones (excluding diaryl/α,β-unsaturated/α-hetero) is 1. The summed E-state index contributed by atoms with van der Waals surface area (Å²) in [5.41, 5.74) is 3.38. The van der Waals surface area contributed by atoms with E-state index in [0.717, 1.165) is 21.6 Å². The molecule has 2 unspecified atom stereocenters. The zero-order chi connectivity index (χ0) is 25.7. The van der Waals surface area contributed by atoms with Crippen LogP contribution >= 0.6 is 0 Å². The van der Waals surface area contributed by atoms with Gasteiger partial charge in [0, 0.05) is 25.7 Å². The van der Waals surface area contributed by atoms with Crippen LogP contribution in [0.25, 0.3) is 11.1 Å². The van der Waals surface area contributed by atoms with Gasteiger partial charge in [0.15, 0.2) is 5.76 Å². The second-order valence-electron chi connectivity index (χ2n) is 8.69. The Morgan fingerprint density at radius 2 is 1.89 bits per heavy atom. The van der Waals surface area contributed by atoms with E-state index < -0.39 is 29.9 Å². The van der Waals surface area contributed by atoms with Crippen LogP contribution < -0.4 is 0 Å². The number of aliphatic hydroxyl groups is 1. The number of imide groups is 1. The molecule has 0 radical (unpaired) electrons. The number of ketones is 1. The topological polar surface area (TPSA) is 106 Å². The first-order valence-electron chi connectivity index (χ1n) is 11.9. The monoisotopic (exact) mass is 491 g/mol. The number of methoxy groups -OCH3 is 1. The average molecular weight is 492 g/mol. The molecule has 1 aliphatic rings. The van der Waals surface area contributed by atoms with Gasteiger partial charge in [-0.2, -0.15) is 0 Å². The molecule has 8 nitrogen and oxygen atoms in total. The molecule has 0 aliphatic carbocycles. The number of carbonyl (C=O) groups excluding carboxylic acids is 3. The van der Waals surface area contributed by atoms with Crippen LogP contribution in [-0.4, -0.2) is 54.2 Å². The highest BCUT2D eigenvalue weighted by Crippen LogP contribution is 2.32. The number of cyclic esters (lactones) is 1. The zero-order valence-corrected chi connectivity index (χ0v) is 20.3. The van der Waals surface area contributed by atoms with Crippen LogP contribution in [0.5, 0.6) is 0 Å². The lowest BCUT2D eigenvalue weighted by molar-refractivity contribution is -0.137. The molecule has 1 N–H and O–H groups in total. The maximum atomic E-state index is 13.5. The Bertz CT molecular complexity index is 1230. The highest BCUT2D eigenvalue weighted by Gasteiger charge is 2.44. The molecule has 1 saturated heterocycles. The van der Waals surface area contributed by atoms with Gasteiger partial charge in [-0.15, -0.1) is 0 Å². The molecule has 2 amide bonds. The van der Waals surface area contributed by atoms with Gasteiger partial charge in [-0.1, -0.05) is 60.2 Å². The maximum Gasteiger partial charge on any atom is 0.417 e. The lowest BCUT2D eigenvalue weighted by Gasteiger charge is -2.23. The summed E-state index contributed by atoms with van der Waals surface area (Å²) in [6.07, 6.45) is -0.635. The third-order valence-electron chi connectivity index (χ3n) is 6.19. The number of amides is 2. The Kier molecular flexibility index (Phi) is 7.97. The fraction of sp³-hybridized carbons (Fsp3) is 0.321. The van der Waals surface area contributed by atoms with Gasteiger partial charge in [0.25, 0.3) is 5.91 Å². The smallest absolute Gasteiger partial charge is 0.417 e. The van der Waals surface area contributed by atoms with E-state index in [9.17, 15) is 19.5 Å². The van der Waals surface area contributed by atoms with Gasteiger partial charge >= 0.3 is 6.09 Å². The Morgan fingerprint density at radius 1 is 1.11 bits per heavy atom. The standard InChI is InChI=1S/C28H29NO7/c1-18-9-8-12-20(15-18)21-16-24(36-23(21)13-6-7-14-30)25(31)26(34-2)27(32)29-22(17-35-28(29)33)19-10-4-3-5-11-19/h3-5,8-12,15-16,22,26,30H,6-7,13-14,17H2,1-2H3. The number of benzene rings is 2. The molecule has 2 heterocycles. The molecule has 2 atom stereocenters. The minimum absolute atomic E-state index is 0.00747. The number of furan rings is 1. The fourth-order valence-corrected chi connectivity index (χ4v) is 4.35. The number of ether oxygens (including phenoxy) is 2. The summed E-state index contributed by atoms with van der Waals surface area (Å²) in [6.45, 7) is 2.02. The molecule has 2 aromatic carbocycles. The van der Waals surface area contributed by atoms with Crippen LogP contribution in [-0.2, 0) is 20.7 Å². The summed E-state index contributed by atoms with van der Waals surface area (Å²) in [4.78, 5) is 40.3. The summed E-state index contributed by atoms with van der Waals surface area (Å²) in [5, 5.41) is 9.17. The second kappa shape index (κ2) is 11.3. The molecule has 36 heavy (non-hydrogen) atoms. The van der Waals surface area contributed by atoms with Gasteiger partial charge in [-0.3, -0.25) is 9.59 Å². The minimum Gasteiger partial charge on any atom is -0.457 e. The van der Waals surface area contributed by atoms with Gasteiger partial charge in [0.1, 0.15) is 18.4 Å². The number of aryl methyl sites for hydroxylation is 2. The molecule has 1 aromatic heterocycles. The molecule has 4 rings (SSSR count). The number of hydrogen-bond acceptors (Lipinski definition) is 7. The summed E-state index contributed by atoms with van der Waals surface area (Å²) in [7, 11) is 1.24. The van der Waals surface area contributed by atoms with Gasteiger partial charge < -0.3 is 19.0 Å². The summed E-state index contributed by atoms with van der Waals surface area (Å²) in [6, 6.07) is 17.7. The third kappa shape index (κ3) is 5.24. The molecule has 1 fully saturated rings. The van der Waals surface area contributed by atoms with Crippen LogP contribution in [0.4, 0.5) is 4.79 Å². The molecule has 188 valence electrons. The second-order valence-corrected chi connectivity index (χ2v) is 8.69. The molecular weight excluding hydrogens is 462 g/mol. The van der Waals surface area contributed by atoms with Crippen molar-refractivity contribution in [2.75, 3.05) is 20.3 Å². The van der Waals surface area contributed by atoms with Crippen molar-refractivity contribution in [2.24, 2.45) is 0 Å². The highest BCUT2D eigenvalue weighted by atomic mass is 16.6. The first kappa shape index (κ1) is 25.3. The van der Waals surface area contributed by atoms with Crippen molar-refractivity contribution in [3.63, 3.8) is 0 Å². The zero-order valence-electron chi connectivity index (χ0n) is 20.3. The Hall–Kier alpha value is -3.75. The Morgan fingerprint density at radius 3 is 2.58 bits per heavy atom. The van der Waals surface area contributed by atoms with E-state index in [1.54, 1.807) is 30.3 Å². The largest absolute Gasteiger partial charge is 0.457 e. The van der Waals surface area contributed by atoms with E-state index in [1.807, 2.05) is 37.3 Å². The Labute approximate surface area is 209 Å². The highest BCUT2D eigenvalue weighted by molar-refractivity contribution is 6.14. The first-order valence-corrected chi connectivity index (χ1v) is 11.9. The number of aliphatic hydroxyl groups excluding tert-OH is 1. The van der Waals surface area contributed by atoms with Crippen molar-refractivity contribution in [3.05, 3.63) is 83.3 Å². The van der Waals surface area contributed by atoms with E-state index >= 15 is 0 Å². The molecular formula is C28H29NO7. The van der Waals surface area contributed by atoms with E-state index in [1.165, 1.54) is 7.11 Å².